The van der Waals surface area contributed by atoms with Crippen molar-refractivity contribution in [1.82, 2.24) is 5.32 Å². The van der Waals surface area contributed by atoms with Crippen LogP contribution in [0.15, 0.2) is 18.2 Å². The lowest BCUT2D eigenvalue weighted by atomic mass is 9.98. The van der Waals surface area contributed by atoms with Crippen molar-refractivity contribution in [1.29, 1.82) is 0 Å². The summed E-state index contributed by atoms with van der Waals surface area (Å²) in [6.45, 7) is 4.44. The fourth-order valence-electron chi connectivity index (χ4n) is 2.01. The molecule has 1 aliphatic rings. The van der Waals surface area contributed by atoms with Gasteiger partial charge in [0.15, 0.2) is 0 Å². The summed E-state index contributed by atoms with van der Waals surface area (Å²) in [6.07, 6.45) is 1.08. The van der Waals surface area contributed by atoms with Crippen molar-refractivity contribution in [3.63, 3.8) is 0 Å². The molecular formula is C12H16FNO. The zero-order chi connectivity index (χ0) is 10.7. The van der Waals surface area contributed by atoms with Crippen LogP contribution in [0.2, 0.25) is 0 Å². The molecular weight excluding hydrogens is 193 g/mol. The van der Waals surface area contributed by atoms with Crippen molar-refractivity contribution >= 4 is 0 Å². The van der Waals surface area contributed by atoms with Gasteiger partial charge in [-0.3, -0.25) is 0 Å². The third kappa shape index (κ3) is 2.48. The first-order chi connectivity index (χ1) is 7.29. The van der Waals surface area contributed by atoms with E-state index in [4.69, 9.17) is 4.74 Å². The molecule has 0 bridgehead atoms. The molecule has 0 spiro atoms. The van der Waals surface area contributed by atoms with Crippen LogP contribution in [0, 0.1) is 5.82 Å². The lowest BCUT2D eigenvalue weighted by Crippen LogP contribution is -2.08. The van der Waals surface area contributed by atoms with Crippen molar-refractivity contribution < 1.29 is 9.13 Å². The number of hydrogen-bond donors (Lipinski definition) is 1. The van der Waals surface area contributed by atoms with Crippen LogP contribution in [0.25, 0.3) is 0 Å². The fraction of sp³-hybridized carbons (Fsp3) is 0.500. The summed E-state index contributed by atoms with van der Waals surface area (Å²) >= 11 is 0. The third-order valence-electron chi connectivity index (χ3n) is 2.74. The van der Waals surface area contributed by atoms with Crippen LogP contribution in [0.1, 0.15) is 24.8 Å². The van der Waals surface area contributed by atoms with Crippen LogP contribution in [-0.2, 0) is 0 Å². The first-order valence-electron chi connectivity index (χ1n) is 5.43. The maximum absolute atomic E-state index is 13.3. The van der Waals surface area contributed by atoms with E-state index >= 15 is 0 Å². The molecule has 0 saturated carbocycles. The molecule has 1 saturated heterocycles. The highest BCUT2D eigenvalue weighted by Gasteiger charge is 2.17. The van der Waals surface area contributed by atoms with Crippen molar-refractivity contribution in [2.75, 3.05) is 19.7 Å². The maximum atomic E-state index is 13.3. The predicted molar refractivity (Wildman–Crippen MR) is 57.8 cm³/mol. The Kier molecular flexibility index (Phi) is 3.21. The molecule has 3 heteroatoms. The number of hydrogen-bond acceptors (Lipinski definition) is 2. The van der Waals surface area contributed by atoms with Gasteiger partial charge in [0.1, 0.15) is 11.6 Å². The topological polar surface area (TPSA) is 21.3 Å². The van der Waals surface area contributed by atoms with Crippen molar-refractivity contribution in [3.05, 3.63) is 29.6 Å². The minimum atomic E-state index is -0.206. The molecule has 82 valence electrons. The van der Waals surface area contributed by atoms with E-state index in [0.717, 1.165) is 25.1 Å². The van der Waals surface area contributed by atoms with Crippen molar-refractivity contribution in [3.8, 4) is 5.75 Å². The highest BCUT2D eigenvalue weighted by Crippen LogP contribution is 2.26. The van der Waals surface area contributed by atoms with Crippen LogP contribution in [0.4, 0.5) is 4.39 Å². The fourth-order valence-corrected chi connectivity index (χ4v) is 2.01. The zero-order valence-electron chi connectivity index (χ0n) is 8.92. The summed E-state index contributed by atoms with van der Waals surface area (Å²) in [4.78, 5) is 0. The molecule has 1 aromatic rings. The number of benzene rings is 1. The standard InChI is InChI=1S/C12H16FNO/c1-2-15-12-6-10(5-11(13)7-12)9-3-4-14-8-9/h5-7,9,14H,2-4,8H2,1H3. The van der Waals surface area contributed by atoms with Crippen LogP contribution < -0.4 is 10.1 Å². The van der Waals surface area contributed by atoms with Gasteiger partial charge in [0.05, 0.1) is 6.61 Å². The van der Waals surface area contributed by atoms with Gasteiger partial charge < -0.3 is 10.1 Å². The van der Waals surface area contributed by atoms with Gasteiger partial charge in [0.25, 0.3) is 0 Å². The molecule has 1 aliphatic heterocycles. The molecule has 1 unspecified atom stereocenters. The monoisotopic (exact) mass is 209 g/mol. The average Bonchev–Trinajstić information content (AvgIpc) is 2.70. The van der Waals surface area contributed by atoms with Crippen molar-refractivity contribution in [2.45, 2.75) is 19.3 Å². The number of halogens is 1. The number of rotatable bonds is 3. The Hall–Kier alpha value is -1.09. The zero-order valence-corrected chi connectivity index (χ0v) is 8.92. The van der Waals surface area contributed by atoms with Crippen LogP contribution in [0.5, 0.6) is 5.75 Å². The Morgan fingerprint density at radius 1 is 1.47 bits per heavy atom. The van der Waals surface area contributed by atoms with E-state index in [1.807, 2.05) is 13.0 Å². The molecule has 15 heavy (non-hydrogen) atoms. The second-order valence-corrected chi connectivity index (χ2v) is 3.84. The summed E-state index contributed by atoms with van der Waals surface area (Å²) in [5, 5.41) is 3.28. The first kappa shape index (κ1) is 10.4. The van der Waals surface area contributed by atoms with Gasteiger partial charge >= 0.3 is 0 Å². The second kappa shape index (κ2) is 4.62. The van der Waals surface area contributed by atoms with Crippen LogP contribution in [0.3, 0.4) is 0 Å². The molecule has 1 N–H and O–H groups in total. The normalized spacial score (nSPS) is 20.5. The highest BCUT2D eigenvalue weighted by molar-refractivity contribution is 5.32. The molecule has 0 aliphatic carbocycles. The Bertz CT molecular complexity index is 334. The minimum absolute atomic E-state index is 0.206. The summed E-state index contributed by atoms with van der Waals surface area (Å²) in [5.41, 5.74) is 1.04. The lowest BCUT2D eigenvalue weighted by molar-refractivity contribution is 0.337. The highest BCUT2D eigenvalue weighted by atomic mass is 19.1. The van der Waals surface area contributed by atoms with Crippen molar-refractivity contribution in [2.24, 2.45) is 0 Å². The first-order valence-corrected chi connectivity index (χ1v) is 5.43. The van der Waals surface area contributed by atoms with E-state index in [0.29, 0.717) is 18.3 Å². The van der Waals surface area contributed by atoms with Crippen LogP contribution >= 0.6 is 0 Å². The van der Waals surface area contributed by atoms with Crippen LogP contribution in [-0.4, -0.2) is 19.7 Å². The number of ether oxygens (including phenoxy) is 1. The largest absolute Gasteiger partial charge is 0.494 e. The Morgan fingerprint density at radius 3 is 3.00 bits per heavy atom. The molecule has 2 nitrogen and oxygen atoms in total. The Morgan fingerprint density at radius 2 is 2.33 bits per heavy atom. The Balaban J connectivity index is 2.22. The van der Waals surface area contributed by atoms with Gasteiger partial charge in [-0.05, 0) is 43.5 Å². The minimum Gasteiger partial charge on any atom is -0.494 e. The Labute approximate surface area is 89.4 Å². The third-order valence-corrected chi connectivity index (χ3v) is 2.74. The van der Waals surface area contributed by atoms with E-state index in [-0.39, 0.29) is 5.82 Å². The summed E-state index contributed by atoms with van der Waals surface area (Å²) in [5.74, 6) is 0.863. The quantitative estimate of drug-likeness (QED) is 0.824. The average molecular weight is 209 g/mol. The predicted octanol–water partition coefficient (Wildman–Crippen LogP) is 2.30. The number of nitrogens with one attached hydrogen (secondary N) is 1. The molecule has 0 radical (unpaired) electrons. The van der Waals surface area contributed by atoms with Gasteiger partial charge in [-0.15, -0.1) is 0 Å². The summed E-state index contributed by atoms with van der Waals surface area (Å²) < 4.78 is 18.6. The molecule has 1 atom stereocenters. The van der Waals surface area contributed by atoms with Gasteiger partial charge in [-0.25, -0.2) is 4.39 Å². The van der Waals surface area contributed by atoms with E-state index in [2.05, 4.69) is 5.32 Å². The molecule has 1 fully saturated rings. The van der Waals surface area contributed by atoms with E-state index in [1.165, 1.54) is 6.07 Å². The van der Waals surface area contributed by atoms with Gasteiger partial charge in [0, 0.05) is 12.6 Å². The van der Waals surface area contributed by atoms with Gasteiger partial charge in [0.2, 0.25) is 0 Å². The second-order valence-electron chi connectivity index (χ2n) is 3.84. The molecule has 1 aromatic carbocycles. The summed E-state index contributed by atoms with van der Waals surface area (Å²) in [6, 6.07) is 5.00. The van der Waals surface area contributed by atoms with Gasteiger partial charge in [-0.2, -0.15) is 0 Å². The summed E-state index contributed by atoms with van der Waals surface area (Å²) in [7, 11) is 0. The van der Waals surface area contributed by atoms with Gasteiger partial charge in [-0.1, -0.05) is 0 Å². The molecule has 0 amide bonds. The van der Waals surface area contributed by atoms with E-state index in [1.54, 1.807) is 6.07 Å². The molecule has 1 heterocycles. The molecule has 2 rings (SSSR count). The SMILES string of the molecule is CCOc1cc(F)cc(C2CCNC2)c1. The van der Waals surface area contributed by atoms with E-state index < -0.39 is 0 Å². The smallest absolute Gasteiger partial charge is 0.127 e. The van der Waals surface area contributed by atoms with E-state index in [9.17, 15) is 4.39 Å². The maximum Gasteiger partial charge on any atom is 0.127 e. The molecule has 0 aromatic heterocycles. The lowest BCUT2D eigenvalue weighted by Gasteiger charge is -2.11.